The molecule has 2 atom stereocenters. The summed E-state index contributed by atoms with van der Waals surface area (Å²) in [7, 11) is 0. The van der Waals surface area contributed by atoms with E-state index in [0.29, 0.717) is 13.1 Å². The van der Waals surface area contributed by atoms with Crippen molar-refractivity contribution in [3.63, 3.8) is 0 Å². The zero-order valence-corrected chi connectivity index (χ0v) is 9.48. The summed E-state index contributed by atoms with van der Waals surface area (Å²) in [4.78, 5) is 24.2. The summed E-state index contributed by atoms with van der Waals surface area (Å²) in [5.41, 5.74) is 5.17. The van der Waals surface area contributed by atoms with Crippen LogP contribution in [-0.2, 0) is 4.79 Å². The molecule has 6 nitrogen and oxygen atoms in total. The largest absolute Gasteiger partial charge is 0.394 e. The number of amides is 3. The number of hydrogen-bond acceptors (Lipinski definition) is 3. The number of aliphatic hydroxyl groups is 1. The highest BCUT2D eigenvalue weighted by Gasteiger charge is 2.27. The summed E-state index contributed by atoms with van der Waals surface area (Å²) < 4.78 is 0. The number of aliphatic hydroxyl groups excluding tert-OH is 1. The van der Waals surface area contributed by atoms with Crippen LogP contribution in [0.3, 0.4) is 0 Å². The number of rotatable bonds is 3. The van der Waals surface area contributed by atoms with Gasteiger partial charge in [-0.05, 0) is 19.8 Å². The van der Waals surface area contributed by atoms with Gasteiger partial charge in [0.15, 0.2) is 0 Å². The number of nitrogens with two attached hydrogens (primary N) is 1. The minimum atomic E-state index is -0.479. The topological polar surface area (TPSA) is 95.7 Å². The maximum absolute atomic E-state index is 11.7. The molecule has 0 aromatic carbocycles. The minimum Gasteiger partial charge on any atom is -0.394 e. The second-order valence-electron chi connectivity index (χ2n) is 4.22. The van der Waals surface area contributed by atoms with E-state index < -0.39 is 6.03 Å². The molecular formula is C10H19N3O3. The fraction of sp³-hybridized carbons (Fsp3) is 0.800. The summed E-state index contributed by atoms with van der Waals surface area (Å²) in [6.07, 6.45) is 1.54. The van der Waals surface area contributed by atoms with E-state index in [0.717, 1.165) is 12.8 Å². The number of piperidine rings is 1. The van der Waals surface area contributed by atoms with Gasteiger partial charge in [0.25, 0.3) is 0 Å². The molecule has 1 fully saturated rings. The molecule has 4 N–H and O–H groups in total. The molecule has 0 saturated carbocycles. The van der Waals surface area contributed by atoms with E-state index in [-0.39, 0.29) is 24.5 Å². The second kappa shape index (κ2) is 5.69. The van der Waals surface area contributed by atoms with Crippen LogP contribution in [0, 0.1) is 5.92 Å². The predicted molar refractivity (Wildman–Crippen MR) is 58.6 cm³/mol. The van der Waals surface area contributed by atoms with E-state index in [1.807, 2.05) is 0 Å². The van der Waals surface area contributed by atoms with Gasteiger partial charge in [-0.2, -0.15) is 0 Å². The number of nitrogens with one attached hydrogen (secondary N) is 1. The monoisotopic (exact) mass is 229 g/mol. The molecule has 3 amide bonds. The van der Waals surface area contributed by atoms with E-state index in [4.69, 9.17) is 10.8 Å². The smallest absolute Gasteiger partial charge is 0.314 e. The summed E-state index contributed by atoms with van der Waals surface area (Å²) in [6.45, 7) is 2.64. The summed E-state index contributed by atoms with van der Waals surface area (Å²) in [6, 6.07) is -0.732. The van der Waals surface area contributed by atoms with Gasteiger partial charge in [0.1, 0.15) is 0 Å². The Bertz CT molecular complexity index is 270. The molecule has 1 heterocycles. The van der Waals surface area contributed by atoms with Gasteiger partial charge < -0.3 is 21.1 Å². The second-order valence-corrected chi connectivity index (χ2v) is 4.22. The van der Waals surface area contributed by atoms with Crippen molar-refractivity contribution in [2.24, 2.45) is 11.7 Å². The van der Waals surface area contributed by atoms with Crippen LogP contribution in [0.2, 0.25) is 0 Å². The average molecular weight is 229 g/mol. The van der Waals surface area contributed by atoms with Crippen LogP contribution in [0.4, 0.5) is 4.79 Å². The van der Waals surface area contributed by atoms with Crippen LogP contribution in [-0.4, -0.2) is 47.7 Å². The lowest BCUT2D eigenvalue weighted by Gasteiger charge is -2.31. The molecule has 1 saturated heterocycles. The third-order valence-electron chi connectivity index (χ3n) is 2.77. The molecule has 0 aromatic heterocycles. The van der Waals surface area contributed by atoms with Crippen LogP contribution < -0.4 is 11.1 Å². The Morgan fingerprint density at radius 1 is 1.62 bits per heavy atom. The first-order valence-corrected chi connectivity index (χ1v) is 5.50. The molecule has 1 aliphatic heterocycles. The van der Waals surface area contributed by atoms with E-state index in [1.165, 1.54) is 4.90 Å². The first kappa shape index (κ1) is 12.8. The van der Waals surface area contributed by atoms with Gasteiger partial charge in [0.05, 0.1) is 12.5 Å². The standard InChI is InChI=1S/C10H19N3O3/c1-7(6-14)12-9(15)8-3-2-4-13(5-8)10(11)16/h7-8,14H,2-6H2,1H3,(H2,11,16)(H,12,15)/t7-,8?/m0/s1. The maximum atomic E-state index is 11.7. The Hall–Kier alpha value is -1.30. The number of likely N-dealkylation sites (tertiary alicyclic amines) is 1. The van der Waals surface area contributed by atoms with Crippen molar-refractivity contribution in [1.29, 1.82) is 0 Å². The van der Waals surface area contributed by atoms with Crippen LogP contribution in [0.15, 0.2) is 0 Å². The molecule has 0 bridgehead atoms. The molecule has 92 valence electrons. The number of hydrogen-bond donors (Lipinski definition) is 3. The summed E-state index contributed by atoms with van der Waals surface area (Å²) in [5.74, 6) is -0.331. The Labute approximate surface area is 94.8 Å². The zero-order chi connectivity index (χ0) is 12.1. The number of nitrogens with zero attached hydrogens (tertiary/aromatic N) is 1. The van der Waals surface area contributed by atoms with Crippen molar-refractivity contribution in [1.82, 2.24) is 10.2 Å². The van der Waals surface area contributed by atoms with Crippen molar-refractivity contribution < 1.29 is 14.7 Å². The third-order valence-corrected chi connectivity index (χ3v) is 2.77. The van der Waals surface area contributed by atoms with Crippen molar-refractivity contribution in [3.05, 3.63) is 0 Å². The lowest BCUT2D eigenvalue weighted by Crippen LogP contribution is -2.49. The molecule has 0 spiro atoms. The van der Waals surface area contributed by atoms with E-state index >= 15 is 0 Å². The lowest BCUT2D eigenvalue weighted by atomic mass is 9.97. The van der Waals surface area contributed by atoms with Crippen molar-refractivity contribution in [2.45, 2.75) is 25.8 Å². The molecular weight excluding hydrogens is 210 g/mol. The van der Waals surface area contributed by atoms with Crippen molar-refractivity contribution in [3.8, 4) is 0 Å². The molecule has 16 heavy (non-hydrogen) atoms. The van der Waals surface area contributed by atoms with Gasteiger partial charge in [-0.15, -0.1) is 0 Å². The molecule has 0 aromatic rings. The maximum Gasteiger partial charge on any atom is 0.314 e. The first-order valence-electron chi connectivity index (χ1n) is 5.50. The molecule has 1 rings (SSSR count). The molecule has 0 aliphatic carbocycles. The average Bonchev–Trinajstić information content (AvgIpc) is 2.28. The quantitative estimate of drug-likeness (QED) is 0.595. The lowest BCUT2D eigenvalue weighted by molar-refractivity contribution is -0.127. The molecule has 1 unspecified atom stereocenters. The van der Waals surface area contributed by atoms with Gasteiger partial charge in [0.2, 0.25) is 5.91 Å². The highest BCUT2D eigenvalue weighted by molar-refractivity contribution is 5.80. The normalized spacial score (nSPS) is 22.6. The van der Waals surface area contributed by atoms with E-state index in [9.17, 15) is 9.59 Å². The summed E-state index contributed by atoms with van der Waals surface area (Å²) in [5, 5.41) is 11.5. The molecule has 1 aliphatic rings. The Morgan fingerprint density at radius 3 is 2.88 bits per heavy atom. The van der Waals surface area contributed by atoms with Crippen molar-refractivity contribution >= 4 is 11.9 Å². The Balaban J connectivity index is 2.47. The van der Waals surface area contributed by atoms with Gasteiger partial charge >= 0.3 is 6.03 Å². The fourth-order valence-electron chi connectivity index (χ4n) is 1.80. The van der Waals surface area contributed by atoms with Gasteiger partial charge in [-0.3, -0.25) is 4.79 Å². The van der Waals surface area contributed by atoms with Crippen LogP contribution in [0.25, 0.3) is 0 Å². The van der Waals surface area contributed by atoms with Gasteiger partial charge in [-0.1, -0.05) is 0 Å². The van der Waals surface area contributed by atoms with E-state index in [1.54, 1.807) is 6.92 Å². The minimum absolute atomic E-state index is 0.0853. The molecule has 0 radical (unpaired) electrons. The van der Waals surface area contributed by atoms with Crippen LogP contribution in [0.5, 0.6) is 0 Å². The Morgan fingerprint density at radius 2 is 2.31 bits per heavy atom. The van der Waals surface area contributed by atoms with Crippen LogP contribution >= 0.6 is 0 Å². The fourth-order valence-corrected chi connectivity index (χ4v) is 1.80. The zero-order valence-electron chi connectivity index (χ0n) is 9.48. The molecule has 6 heteroatoms. The number of carbonyl (C=O) groups excluding carboxylic acids is 2. The Kier molecular flexibility index (Phi) is 4.54. The summed E-state index contributed by atoms with van der Waals surface area (Å²) >= 11 is 0. The number of carbonyl (C=O) groups is 2. The predicted octanol–water partition coefficient (Wildman–Crippen LogP) is -0.726. The highest BCUT2D eigenvalue weighted by atomic mass is 16.3. The number of urea groups is 1. The van der Waals surface area contributed by atoms with E-state index in [2.05, 4.69) is 5.32 Å². The van der Waals surface area contributed by atoms with Crippen LogP contribution in [0.1, 0.15) is 19.8 Å². The number of primary amides is 1. The third kappa shape index (κ3) is 3.37. The first-order chi connectivity index (χ1) is 7.54. The highest BCUT2D eigenvalue weighted by Crippen LogP contribution is 2.16. The SMILES string of the molecule is C[C@@H](CO)NC(=O)C1CCCN(C(N)=O)C1. The van der Waals surface area contributed by atoms with Crippen molar-refractivity contribution in [2.75, 3.05) is 19.7 Å². The van der Waals surface area contributed by atoms with Gasteiger partial charge in [-0.25, -0.2) is 4.79 Å². The van der Waals surface area contributed by atoms with Gasteiger partial charge in [0, 0.05) is 19.1 Å².